The number of nitrogens with one attached hydrogen (secondary N) is 3. The Kier molecular flexibility index (Phi) is 4.66. The quantitative estimate of drug-likeness (QED) is 0.773. The normalized spacial score (nSPS) is 12.8. The number of benzene rings is 1. The predicted molar refractivity (Wildman–Crippen MR) is 92.9 cm³/mol. The Bertz CT molecular complexity index is 813. The summed E-state index contributed by atoms with van der Waals surface area (Å²) in [4.78, 5) is 26.9. The number of aromatic nitrogens is 1. The fourth-order valence-electron chi connectivity index (χ4n) is 3.13. The molecule has 6 nitrogen and oxygen atoms in total. The second-order valence-corrected chi connectivity index (χ2v) is 6.11. The number of carbonyl (C=O) groups excluding carboxylic acids is 2. The van der Waals surface area contributed by atoms with Crippen molar-refractivity contribution in [2.24, 2.45) is 0 Å². The molecule has 3 N–H and O–H groups in total. The van der Waals surface area contributed by atoms with E-state index in [4.69, 9.17) is 16.3 Å². The molecule has 3 rings (SSSR count). The summed E-state index contributed by atoms with van der Waals surface area (Å²) in [5, 5.41) is 7.04. The maximum Gasteiger partial charge on any atom is 0.267 e. The van der Waals surface area contributed by atoms with Crippen molar-refractivity contribution in [3.63, 3.8) is 0 Å². The van der Waals surface area contributed by atoms with Gasteiger partial charge in [0.1, 0.15) is 11.4 Å². The molecule has 1 aliphatic rings. The summed E-state index contributed by atoms with van der Waals surface area (Å²) in [6.45, 7) is 2.87. The summed E-state index contributed by atoms with van der Waals surface area (Å²) in [7, 11) is 1.59. The Morgan fingerprint density at radius 1 is 1.42 bits per heavy atom. The van der Waals surface area contributed by atoms with Crippen LogP contribution in [0.3, 0.4) is 0 Å². The van der Waals surface area contributed by atoms with E-state index in [-0.39, 0.29) is 11.8 Å². The third kappa shape index (κ3) is 2.82. The van der Waals surface area contributed by atoms with Crippen LogP contribution in [0, 0.1) is 0 Å². The van der Waals surface area contributed by atoms with Crippen LogP contribution in [0.1, 0.15) is 35.0 Å². The molecule has 0 atom stereocenters. The minimum absolute atomic E-state index is 0.00654. The number of amides is 2. The molecule has 128 valence electrons. The van der Waals surface area contributed by atoms with Crippen molar-refractivity contribution >= 4 is 34.3 Å². The molecule has 1 aliphatic heterocycles. The van der Waals surface area contributed by atoms with E-state index < -0.39 is 0 Å². The van der Waals surface area contributed by atoms with E-state index in [1.807, 2.05) is 6.92 Å². The number of H-pyrrole nitrogens is 1. The molecule has 0 bridgehead atoms. The van der Waals surface area contributed by atoms with E-state index >= 15 is 0 Å². The lowest BCUT2D eigenvalue weighted by atomic mass is 10.00. The first-order valence-corrected chi connectivity index (χ1v) is 8.42. The molecule has 7 heteroatoms. The number of rotatable bonds is 5. The largest absolute Gasteiger partial charge is 0.491 e. The van der Waals surface area contributed by atoms with Crippen LogP contribution in [0.15, 0.2) is 6.07 Å². The minimum atomic E-state index is -0.188. The molecule has 0 saturated carbocycles. The predicted octanol–water partition coefficient (Wildman–Crippen LogP) is 2.18. The molecular formula is C17H20ClN3O3. The van der Waals surface area contributed by atoms with Gasteiger partial charge in [-0.3, -0.25) is 9.59 Å². The first kappa shape index (κ1) is 16.6. The Balaban J connectivity index is 2.07. The summed E-state index contributed by atoms with van der Waals surface area (Å²) in [6, 6.07) is 1.79. The first-order chi connectivity index (χ1) is 11.6. The minimum Gasteiger partial charge on any atom is -0.491 e. The van der Waals surface area contributed by atoms with Gasteiger partial charge in [0, 0.05) is 42.9 Å². The number of hydrogen-bond donors (Lipinski definition) is 3. The van der Waals surface area contributed by atoms with E-state index in [0.717, 1.165) is 28.5 Å². The third-order valence-electron chi connectivity index (χ3n) is 4.27. The molecular weight excluding hydrogens is 330 g/mol. The smallest absolute Gasteiger partial charge is 0.267 e. The number of ether oxygens (including phenoxy) is 1. The highest BCUT2D eigenvalue weighted by molar-refractivity contribution is 6.33. The molecule has 0 unspecified atom stereocenters. The average molecular weight is 350 g/mol. The van der Waals surface area contributed by atoms with Crippen LogP contribution in [-0.2, 0) is 17.6 Å². The molecule has 2 aromatic rings. The van der Waals surface area contributed by atoms with Crippen LogP contribution in [0.25, 0.3) is 10.9 Å². The lowest BCUT2D eigenvalue weighted by molar-refractivity contribution is -0.120. The molecule has 0 spiro atoms. The van der Waals surface area contributed by atoms with Gasteiger partial charge in [-0.25, -0.2) is 0 Å². The highest BCUT2D eigenvalue weighted by Gasteiger charge is 2.25. The maximum absolute atomic E-state index is 12.2. The second-order valence-electron chi connectivity index (χ2n) is 5.70. The zero-order valence-electron chi connectivity index (χ0n) is 13.7. The summed E-state index contributed by atoms with van der Waals surface area (Å²) < 4.78 is 5.63. The maximum atomic E-state index is 12.2. The van der Waals surface area contributed by atoms with Crippen molar-refractivity contribution in [1.29, 1.82) is 0 Å². The van der Waals surface area contributed by atoms with Gasteiger partial charge in [-0.1, -0.05) is 18.5 Å². The van der Waals surface area contributed by atoms with Crippen LogP contribution in [-0.4, -0.2) is 37.0 Å². The number of halogens is 1. The lowest BCUT2D eigenvalue weighted by Crippen LogP contribution is -2.26. The molecule has 1 aromatic carbocycles. The molecule has 2 heterocycles. The first-order valence-electron chi connectivity index (χ1n) is 8.04. The number of aromatic amines is 1. The fourth-order valence-corrected chi connectivity index (χ4v) is 3.41. The van der Waals surface area contributed by atoms with Gasteiger partial charge in [-0.05, 0) is 18.1 Å². The Morgan fingerprint density at radius 3 is 2.92 bits per heavy atom. The highest BCUT2D eigenvalue weighted by Crippen LogP contribution is 2.41. The van der Waals surface area contributed by atoms with Crippen LogP contribution < -0.4 is 15.4 Å². The van der Waals surface area contributed by atoms with E-state index in [0.29, 0.717) is 42.5 Å². The van der Waals surface area contributed by atoms with E-state index in [2.05, 4.69) is 15.6 Å². The third-order valence-corrected chi connectivity index (χ3v) is 4.55. The zero-order valence-corrected chi connectivity index (χ0v) is 14.5. The van der Waals surface area contributed by atoms with Gasteiger partial charge in [0.25, 0.3) is 5.91 Å². The zero-order chi connectivity index (χ0) is 17.3. The summed E-state index contributed by atoms with van der Waals surface area (Å²) in [5.74, 6) is 0.505. The summed E-state index contributed by atoms with van der Waals surface area (Å²) in [6.07, 6.45) is 1.75. The van der Waals surface area contributed by atoms with Gasteiger partial charge in [0.15, 0.2) is 0 Å². The molecule has 0 aliphatic carbocycles. The molecule has 2 amide bonds. The van der Waals surface area contributed by atoms with Crippen molar-refractivity contribution in [1.82, 2.24) is 15.6 Å². The lowest BCUT2D eigenvalue weighted by Gasteiger charge is -2.08. The van der Waals surface area contributed by atoms with Crippen molar-refractivity contribution in [2.75, 3.05) is 20.2 Å². The number of carbonyl (C=O) groups is 2. The SMILES string of the molecule is CCC(=O)NCCc1c(C(=O)NC)[nH]c2cc(Cl)c3c(c12)CCO3. The van der Waals surface area contributed by atoms with E-state index in [1.165, 1.54) is 0 Å². The van der Waals surface area contributed by atoms with Crippen LogP contribution in [0.5, 0.6) is 5.75 Å². The fraction of sp³-hybridized carbons (Fsp3) is 0.412. The van der Waals surface area contributed by atoms with Crippen LogP contribution in [0.2, 0.25) is 5.02 Å². The van der Waals surface area contributed by atoms with Gasteiger partial charge in [-0.15, -0.1) is 0 Å². The number of hydrogen-bond acceptors (Lipinski definition) is 3. The standard InChI is InChI=1S/C17H20ClN3O3/c1-3-13(22)20-6-4-9-14-10-5-7-24-16(10)11(18)8-12(14)21-15(9)17(23)19-2/h8,21H,3-7H2,1-2H3,(H,19,23)(H,20,22). The molecule has 24 heavy (non-hydrogen) atoms. The van der Waals surface area contributed by atoms with Crippen molar-refractivity contribution in [3.05, 3.63) is 27.9 Å². The van der Waals surface area contributed by atoms with Crippen molar-refractivity contribution in [2.45, 2.75) is 26.2 Å². The highest BCUT2D eigenvalue weighted by atomic mass is 35.5. The van der Waals surface area contributed by atoms with Gasteiger partial charge in [0.05, 0.1) is 11.6 Å². The Labute approximate surface area is 144 Å². The Morgan fingerprint density at radius 2 is 2.21 bits per heavy atom. The average Bonchev–Trinajstić information content (AvgIpc) is 3.19. The second kappa shape index (κ2) is 6.73. The summed E-state index contributed by atoms with van der Waals surface area (Å²) >= 11 is 6.29. The molecule has 1 aromatic heterocycles. The van der Waals surface area contributed by atoms with Crippen molar-refractivity contribution < 1.29 is 14.3 Å². The van der Waals surface area contributed by atoms with Gasteiger partial charge in [0.2, 0.25) is 5.91 Å². The summed E-state index contributed by atoms with van der Waals surface area (Å²) in [5.41, 5.74) is 3.24. The monoisotopic (exact) mass is 349 g/mol. The van der Waals surface area contributed by atoms with Crippen LogP contribution in [0.4, 0.5) is 0 Å². The van der Waals surface area contributed by atoms with E-state index in [1.54, 1.807) is 13.1 Å². The number of fused-ring (bicyclic) bond motifs is 3. The van der Waals surface area contributed by atoms with Crippen LogP contribution >= 0.6 is 11.6 Å². The van der Waals surface area contributed by atoms with E-state index in [9.17, 15) is 9.59 Å². The van der Waals surface area contributed by atoms with Gasteiger partial charge >= 0.3 is 0 Å². The van der Waals surface area contributed by atoms with Gasteiger partial charge in [-0.2, -0.15) is 0 Å². The molecule has 0 fully saturated rings. The van der Waals surface area contributed by atoms with Gasteiger partial charge < -0.3 is 20.4 Å². The Hall–Kier alpha value is -2.21. The van der Waals surface area contributed by atoms with Crippen molar-refractivity contribution in [3.8, 4) is 5.75 Å². The molecule has 0 saturated heterocycles. The topological polar surface area (TPSA) is 83.2 Å². The molecule has 0 radical (unpaired) electrons.